The van der Waals surface area contributed by atoms with Crippen LogP contribution >= 0.6 is 0 Å². The number of phenolic OH excluding ortho intramolecular Hbond substituents is 1. The average Bonchev–Trinajstić information content (AvgIpc) is 2.56. The number of pyridine rings is 1. The summed E-state index contributed by atoms with van der Waals surface area (Å²) in [6.45, 7) is 0. The van der Waals surface area contributed by atoms with Crippen LogP contribution in [0.25, 0.3) is 0 Å². The molecule has 11 heteroatoms. The van der Waals surface area contributed by atoms with E-state index in [1.54, 1.807) is 6.07 Å². The van der Waals surface area contributed by atoms with E-state index in [0.29, 0.717) is 5.56 Å². The second-order valence-corrected chi connectivity index (χ2v) is 5.25. The van der Waals surface area contributed by atoms with Crippen molar-refractivity contribution in [2.24, 2.45) is 0 Å². The van der Waals surface area contributed by atoms with E-state index in [-0.39, 0.29) is 40.7 Å². The number of esters is 1. The molecule has 0 saturated heterocycles. The van der Waals surface area contributed by atoms with E-state index in [4.69, 9.17) is 21.5 Å². The number of benzene rings is 1. The quantitative estimate of drug-likeness (QED) is 0.438. The minimum atomic E-state index is -5.27. The predicted molar refractivity (Wildman–Crippen MR) is 80.5 cm³/mol. The van der Waals surface area contributed by atoms with E-state index >= 15 is 0 Å². The highest BCUT2D eigenvalue weighted by Gasteiger charge is 2.43. The second-order valence-electron chi connectivity index (χ2n) is 5.25. The Balaban J connectivity index is 2.09. The first-order valence-electron chi connectivity index (χ1n) is 6.93. The highest BCUT2D eigenvalue weighted by molar-refractivity contribution is 5.80. The average molecular weight is 366 g/mol. The first-order valence-corrected chi connectivity index (χ1v) is 6.93. The molecule has 0 bridgehead atoms. The van der Waals surface area contributed by atoms with Crippen LogP contribution in [-0.2, 0) is 11.2 Å². The van der Waals surface area contributed by atoms with Crippen molar-refractivity contribution in [2.75, 3.05) is 11.5 Å². The Bertz CT molecular complexity index is 983. The molecular formula is C15H9F3N4O4. The molecule has 8 nitrogen and oxygen atoms in total. The van der Waals surface area contributed by atoms with Crippen LogP contribution in [0.3, 0.4) is 0 Å². The van der Waals surface area contributed by atoms with E-state index in [2.05, 4.69) is 9.72 Å². The van der Waals surface area contributed by atoms with Gasteiger partial charge in [0.25, 0.3) is 0 Å². The van der Waals surface area contributed by atoms with Crippen molar-refractivity contribution in [2.45, 2.75) is 12.6 Å². The Morgan fingerprint density at radius 2 is 2.08 bits per heavy atom. The summed E-state index contributed by atoms with van der Waals surface area (Å²) < 4.78 is 47.0. The van der Waals surface area contributed by atoms with E-state index in [9.17, 15) is 23.1 Å². The molecule has 0 aliphatic carbocycles. The topological polar surface area (TPSA) is 144 Å². The van der Waals surface area contributed by atoms with Gasteiger partial charge in [-0.2, -0.15) is 23.4 Å². The maximum atomic E-state index is 12.5. The lowest BCUT2D eigenvalue weighted by Crippen LogP contribution is -2.28. The molecule has 134 valence electrons. The lowest BCUT2D eigenvalue weighted by atomic mass is 9.98. The Labute approximate surface area is 143 Å². The molecular weight excluding hydrogens is 357 g/mol. The Hall–Kier alpha value is -3.68. The summed E-state index contributed by atoms with van der Waals surface area (Å²) in [7, 11) is 0. The van der Waals surface area contributed by atoms with Gasteiger partial charge < -0.3 is 26.0 Å². The van der Waals surface area contributed by atoms with Gasteiger partial charge in [0.15, 0.2) is 11.5 Å². The van der Waals surface area contributed by atoms with E-state index in [1.807, 2.05) is 0 Å². The zero-order chi connectivity index (χ0) is 19.2. The van der Waals surface area contributed by atoms with Crippen LogP contribution < -0.4 is 20.9 Å². The number of nitriles is 1. The number of nitrogen functional groups attached to an aromatic ring is 2. The zero-order valence-corrected chi connectivity index (χ0v) is 12.7. The summed E-state index contributed by atoms with van der Waals surface area (Å²) >= 11 is 0. The molecule has 1 aliphatic rings. The minimum Gasteiger partial charge on any atom is -0.504 e. The van der Waals surface area contributed by atoms with Crippen molar-refractivity contribution >= 4 is 17.5 Å². The molecule has 0 saturated carbocycles. The van der Waals surface area contributed by atoms with Crippen molar-refractivity contribution in [1.82, 2.24) is 4.98 Å². The number of hydrogen-bond acceptors (Lipinski definition) is 8. The Kier molecular flexibility index (Phi) is 3.76. The third-order valence-electron chi connectivity index (χ3n) is 3.61. The van der Waals surface area contributed by atoms with Gasteiger partial charge >= 0.3 is 12.1 Å². The number of carbonyl (C=O) groups excluding carboxylic acids is 1. The number of halogens is 3. The first kappa shape index (κ1) is 17.2. The molecule has 1 aromatic carbocycles. The molecule has 5 N–H and O–H groups in total. The summed E-state index contributed by atoms with van der Waals surface area (Å²) in [6.07, 6.45) is -5.26. The molecule has 0 fully saturated rings. The number of aromatic nitrogens is 1. The lowest BCUT2D eigenvalue weighted by Gasteiger charge is -2.23. The van der Waals surface area contributed by atoms with Gasteiger partial charge in [0, 0.05) is 17.5 Å². The highest BCUT2D eigenvalue weighted by atomic mass is 19.4. The highest BCUT2D eigenvalue weighted by Crippen LogP contribution is 2.48. The van der Waals surface area contributed by atoms with Crippen molar-refractivity contribution in [3.63, 3.8) is 0 Å². The molecule has 0 amide bonds. The largest absolute Gasteiger partial charge is 0.504 e. The third-order valence-corrected chi connectivity index (χ3v) is 3.61. The van der Waals surface area contributed by atoms with E-state index < -0.39 is 23.6 Å². The zero-order valence-electron chi connectivity index (χ0n) is 12.7. The molecule has 1 aliphatic heterocycles. The van der Waals surface area contributed by atoms with Gasteiger partial charge in [-0.3, -0.25) is 0 Å². The van der Waals surface area contributed by atoms with E-state index in [1.165, 1.54) is 6.07 Å². The van der Waals surface area contributed by atoms with Gasteiger partial charge in [0.05, 0.1) is 5.69 Å². The molecule has 26 heavy (non-hydrogen) atoms. The number of phenols is 1. The van der Waals surface area contributed by atoms with Crippen LogP contribution in [0, 0.1) is 11.3 Å². The monoisotopic (exact) mass is 366 g/mol. The third kappa shape index (κ3) is 2.67. The van der Waals surface area contributed by atoms with Crippen LogP contribution in [-0.4, -0.2) is 22.2 Å². The summed E-state index contributed by atoms with van der Waals surface area (Å²) in [5, 5.41) is 18.8. The maximum absolute atomic E-state index is 12.5. The molecule has 0 unspecified atom stereocenters. The minimum absolute atomic E-state index is 0.00923. The van der Waals surface area contributed by atoms with Gasteiger partial charge in [0.2, 0.25) is 11.6 Å². The summed E-state index contributed by atoms with van der Waals surface area (Å²) in [4.78, 5) is 15.0. The molecule has 3 rings (SSSR count). The number of aromatic hydroxyl groups is 1. The van der Waals surface area contributed by atoms with Crippen molar-refractivity contribution < 1.29 is 32.5 Å². The summed E-state index contributed by atoms with van der Waals surface area (Å²) in [5.41, 5.74) is 12.0. The van der Waals surface area contributed by atoms with Crippen LogP contribution in [0.1, 0.15) is 16.7 Å². The predicted octanol–water partition coefficient (Wildman–Crippen LogP) is 1.99. The Morgan fingerprint density at radius 3 is 2.69 bits per heavy atom. The van der Waals surface area contributed by atoms with Gasteiger partial charge in [-0.1, -0.05) is 6.07 Å². The lowest BCUT2D eigenvalue weighted by molar-refractivity contribution is -0.189. The van der Waals surface area contributed by atoms with Crippen molar-refractivity contribution in [1.29, 1.82) is 5.26 Å². The second kappa shape index (κ2) is 5.69. The molecule has 0 atom stereocenters. The van der Waals surface area contributed by atoms with Gasteiger partial charge in [-0.25, -0.2) is 4.79 Å². The normalized spacial score (nSPS) is 12.4. The number of alkyl halides is 3. The standard InChI is InChI=1S/C15H9F3N4O4/c16-15(17,18)14(24)26-11-8(23)2-1-5-3-6-9(20)7(4-19)12(21)22-13(6)25-10(5)11/h1-2,23H,3H2,(H4,20,21,22). The van der Waals surface area contributed by atoms with E-state index in [0.717, 1.165) is 6.07 Å². The molecule has 0 spiro atoms. The van der Waals surface area contributed by atoms with Gasteiger partial charge in [0.1, 0.15) is 17.5 Å². The number of ether oxygens (including phenoxy) is 2. The first-order chi connectivity index (χ1) is 12.1. The molecule has 0 radical (unpaired) electrons. The molecule has 2 heterocycles. The number of carbonyl (C=O) groups is 1. The number of hydrogen-bond donors (Lipinski definition) is 3. The van der Waals surface area contributed by atoms with Gasteiger partial charge in [-0.05, 0) is 6.07 Å². The van der Waals surface area contributed by atoms with Crippen LogP contribution in [0.2, 0.25) is 0 Å². The van der Waals surface area contributed by atoms with Crippen LogP contribution in [0.5, 0.6) is 23.1 Å². The fraction of sp³-hybridized carbons (Fsp3) is 0.133. The van der Waals surface area contributed by atoms with Crippen LogP contribution in [0.4, 0.5) is 24.7 Å². The summed E-state index contributed by atoms with van der Waals surface area (Å²) in [5.74, 6) is -4.80. The fourth-order valence-corrected chi connectivity index (χ4v) is 2.39. The number of fused-ring (bicyclic) bond motifs is 2. The number of rotatable bonds is 1. The smallest absolute Gasteiger partial charge is 0.491 e. The van der Waals surface area contributed by atoms with Crippen molar-refractivity contribution in [3.8, 4) is 29.2 Å². The maximum Gasteiger partial charge on any atom is 0.491 e. The number of nitrogens with two attached hydrogens (primary N) is 2. The van der Waals surface area contributed by atoms with Crippen LogP contribution in [0.15, 0.2) is 12.1 Å². The molecule has 1 aromatic heterocycles. The Morgan fingerprint density at radius 1 is 1.38 bits per heavy atom. The van der Waals surface area contributed by atoms with Crippen molar-refractivity contribution in [3.05, 3.63) is 28.8 Å². The number of nitrogens with zero attached hydrogens (tertiary/aromatic N) is 2. The molecule has 2 aromatic rings. The fourth-order valence-electron chi connectivity index (χ4n) is 2.39. The summed E-state index contributed by atoms with van der Waals surface area (Å²) in [6, 6.07) is 4.19. The SMILES string of the molecule is N#Cc1c(N)nc2c(c1N)Cc1ccc(O)c(OC(=O)C(F)(F)F)c1O2. The van der Waals surface area contributed by atoms with Gasteiger partial charge in [-0.15, -0.1) is 0 Å². The number of anilines is 2.